The number of carbonyl (C=O) groups excluding carboxylic acids is 1. The standard InChI is InChI=1S/C15H15FN2O4S/c1-18(2,23(20,21)22)14-5-3-4-11(10-14)15(19)17-13-8-6-12(16)7-9-13/h3-10H,1-2H3,(H-,17,19,20,21,22)/p+1. The molecule has 2 N–H and O–H groups in total. The Hall–Kier alpha value is -2.29. The van der Waals surface area contributed by atoms with Gasteiger partial charge in [0.15, 0.2) is 0 Å². The van der Waals surface area contributed by atoms with Crippen molar-refractivity contribution in [3.05, 3.63) is 59.9 Å². The number of rotatable bonds is 4. The van der Waals surface area contributed by atoms with E-state index in [4.69, 9.17) is 0 Å². The average molecular weight is 339 g/mol. The Morgan fingerprint density at radius 2 is 1.74 bits per heavy atom. The average Bonchev–Trinajstić information content (AvgIpc) is 2.48. The minimum atomic E-state index is -4.40. The summed E-state index contributed by atoms with van der Waals surface area (Å²) in [7, 11) is -1.83. The molecule has 2 aromatic rings. The van der Waals surface area contributed by atoms with Crippen molar-refractivity contribution in [1.29, 1.82) is 0 Å². The number of carbonyl (C=O) groups is 1. The van der Waals surface area contributed by atoms with E-state index in [1.54, 1.807) is 0 Å². The first-order valence-corrected chi connectivity index (χ1v) is 8.00. The van der Waals surface area contributed by atoms with Crippen LogP contribution >= 0.6 is 0 Å². The van der Waals surface area contributed by atoms with Crippen LogP contribution in [-0.2, 0) is 10.3 Å². The highest BCUT2D eigenvalue weighted by Gasteiger charge is 2.34. The van der Waals surface area contributed by atoms with Gasteiger partial charge in [-0.2, -0.15) is 3.89 Å². The Morgan fingerprint density at radius 3 is 2.30 bits per heavy atom. The van der Waals surface area contributed by atoms with Crippen molar-refractivity contribution in [3.8, 4) is 0 Å². The van der Waals surface area contributed by atoms with E-state index in [1.165, 1.54) is 62.6 Å². The molecule has 0 heterocycles. The summed E-state index contributed by atoms with van der Waals surface area (Å²) in [5.74, 6) is -0.897. The van der Waals surface area contributed by atoms with Gasteiger partial charge in [-0.05, 0) is 30.3 Å². The first-order chi connectivity index (χ1) is 10.6. The lowest BCUT2D eigenvalue weighted by Gasteiger charge is -2.24. The van der Waals surface area contributed by atoms with Gasteiger partial charge in [0.1, 0.15) is 11.5 Å². The van der Waals surface area contributed by atoms with Crippen molar-refractivity contribution < 1.29 is 22.2 Å². The molecule has 0 bridgehead atoms. The molecule has 0 fully saturated rings. The zero-order valence-corrected chi connectivity index (χ0v) is 13.3. The van der Waals surface area contributed by atoms with Crippen molar-refractivity contribution in [3.63, 3.8) is 0 Å². The predicted molar refractivity (Wildman–Crippen MR) is 86.0 cm³/mol. The van der Waals surface area contributed by atoms with Crippen LogP contribution in [0.3, 0.4) is 0 Å². The summed E-state index contributed by atoms with van der Waals surface area (Å²) in [6, 6.07) is 11.1. The molecule has 0 saturated heterocycles. The van der Waals surface area contributed by atoms with Crippen LogP contribution in [0.25, 0.3) is 0 Å². The molecule has 0 atom stereocenters. The third kappa shape index (κ3) is 3.73. The van der Waals surface area contributed by atoms with Crippen molar-refractivity contribution in [1.82, 2.24) is 3.89 Å². The fraction of sp³-hybridized carbons (Fsp3) is 0.133. The molecule has 0 aliphatic carbocycles. The second kappa shape index (κ2) is 6.07. The topological polar surface area (TPSA) is 83.5 Å². The van der Waals surface area contributed by atoms with Gasteiger partial charge in [-0.15, -0.1) is 8.42 Å². The molecule has 0 radical (unpaired) electrons. The van der Waals surface area contributed by atoms with Crippen LogP contribution in [0.1, 0.15) is 10.4 Å². The molecule has 0 aromatic heterocycles. The highest BCUT2D eigenvalue weighted by Crippen LogP contribution is 2.24. The normalized spacial score (nSPS) is 12.0. The number of nitrogens with zero attached hydrogens (tertiary/aromatic N) is 1. The minimum Gasteiger partial charge on any atom is -0.322 e. The van der Waals surface area contributed by atoms with Gasteiger partial charge in [-0.3, -0.25) is 4.79 Å². The minimum absolute atomic E-state index is 0.210. The Morgan fingerprint density at radius 1 is 1.13 bits per heavy atom. The van der Waals surface area contributed by atoms with Crippen LogP contribution in [0.15, 0.2) is 48.5 Å². The molecule has 0 unspecified atom stereocenters. The number of anilines is 1. The maximum atomic E-state index is 12.8. The summed E-state index contributed by atoms with van der Waals surface area (Å²) >= 11 is 0. The molecule has 0 aliphatic heterocycles. The maximum Gasteiger partial charge on any atom is 0.437 e. The molecule has 8 heteroatoms. The lowest BCUT2D eigenvalue weighted by atomic mass is 10.1. The monoisotopic (exact) mass is 339 g/mol. The summed E-state index contributed by atoms with van der Waals surface area (Å²) in [5, 5.41) is 2.58. The second-order valence-electron chi connectivity index (χ2n) is 5.31. The van der Waals surface area contributed by atoms with Gasteiger partial charge >= 0.3 is 10.3 Å². The van der Waals surface area contributed by atoms with Gasteiger partial charge in [0.25, 0.3) is 5.91 Å². The van der Waals surface area contributed by atoms with Crippen LogP contribution in [0.2, 0.25) is 0 Å². The third-order valence-electron chi connectivity index (χ3n) is 3.41. The van der Waals surface area contributed by atoms with Crippen LogP contribution in [0, 0.1) is 5.82 Å². The highest BCUT2D eigenvalue weighted by atomic mass is 32.2. The van der Waals surface area contributed by atoms with Crippen LogP contribution in [-0.4, -0.2) is 33.0 Å². The number of benzene rings is 2. The van der Waals surface area contributed by atoms with E-state index >= 15 is 0 Å². The largest absolute Gasteiger partial charge is 0.437 e. The molecule has 0 spiro atoms. The van der Waals surface area contributed by atoms with E-state index in [0.717, 1.165) is 0 Å². The molecule has 0 aliphatic rings. The Kier molecular flexibility index (Phi) is 4.51. The van der Waals surface area contributed by atoms with Crippen LogP contribution < -0.4 is 9.21 Å². The maximum absolute atomic E-state index is 12.8. The summed E-state index contributed by atoms with van der Waals surface area (Å²) in [5.41, 5.74) is 0.839. The number of halogens is 1. The molecular formula is C15H16FN2O4S+. The first-order valence-electron chi connectivity index (χ1n) is 6.60. The molecule has 1 amide bonds. The highest BCUT2D eigenvalue weighted by molar-refractivity contribution is 7.85. The Balaban J connectivity index is 2.29. The number of hydrogen-bond donors (Lipinski definition) is 2. The lowest BCUT2D eigenvalue weighted by Crippen LogP contribution is -2.46. The predicted octanol–water partition coefficient (Wildman–Crippen LogP) is 2.45. The molecule has 122 valence electrons. The molecule has 23 heavy (non-hydrogen) atoms. The SMILES string of the molecule is C[N+](C)(c1cccc(C(=O)Nc2ccc(F)cc2)c1)S(=O)(=O)O. The lowest BCUT2D eigenvalue weighted by molar-refractivity contribution is 0.102. The fourth-order valence-corrected chi connectivity index (χ4v) is 2.23. The smallest absolute Gasteiger partial charge is 0.322 e. The van der Waals surface area contributed by atoms with Crippen molar-refractivity contribution in [2.45, 2.75) is 0 Å². The van der Waals surface area contributed by atoms with E-state index in [0.29, 0.717) is 5.69 Å². The van der Waals surface area contributed by atoms with Crippen LogP contribution in [0.4, 0.5) is 15.8 Å². The summed E-state index contributed by atoms with van der Waals surface area (Å²) < 4.78 is 44.2. The summed E-state index contributed by atoms with van der Waals surface area (Å²) in [6.07, 6.45) is 0. The van der Waals surface area contributed by atoms with E-state index < -0.39 is 25.9 Å². The molecule has 6 nitrogen and oxygen atoms in total. The van der Waals surface area contributed by atoms with E-state index in [1.807, 2.05) is 0 Å². The molecular weight excluding hydrogens is 323 g/mol. The molecule has 2 aromatic carbocycles. The van der Waals surface area contributed by atoms with Gasteiger partial charge in [0.2, 0.25) is 0 Å². The van der Waals surface area contributed by atoms with E-state index in [2.05, 4.69) is 5.32 Å². The van der Waals surface area contributed by atoms with E-state index in [-0.39, 0.29) is 11.3 Å². The van der Waals surface area contributed by atoms with Crippen LogP contribution in [0.5, 0.6) is 0 Å². The van der Waals surface area contributed by atoms with Gasteiger partial charge < -0.3 is 5.32 Å². The number of nitrogens with one attached hydrogen (secondary N) is 1. The first kappa shape index (κ1) is 17.1. The van der Waals surface area contributed by atoms with E-state index in [9.17, 15) is 22.2 Å². The zero-order valence-electron chi connectivity index (χ0n) is 12.5. The Labute approximate surface area is 133 Å². The zero-order chi connectivity index (χ0) is 17.3. The Bertz CT molecular complexity index is 833. The van der Waals surface area contributed by atoms with Gasteiger partial charge in [-0.1, -0.05) is 6.07 Å². The second-order valence-corrected chi connectivity index (χ2v) is 7.12. The van der Waals surface area contributed by atoms with Gasteiger partial charge in [0.05, 0.1) is 14.1 Å². The number of hydrogen-bond acceptors (Lipinski definition) is 3. The number of amides is 1. The van der Waals surface area contributed by atoms with Crippen molar-refractivity contribution >= 4 is 27.6 Å². The van der Waals surface area contributed by atoms with Gasteiger partial charge in [-0.25, -0.2) is 8.94 Å². The third-order valence-corrected chi connectivity index (χ3v) is 4.77. The summed E-state index contributed by atoms with van der Waals surface area (Å²) in [6.45, 7) is 0. The molecule has 2 rings (SSSR count). The van der Waals surface area contributed by atoms with Gasteiger partial charge in [0, 0.05) is 23.4 Å². The van der Waals surface area contributed by atoms with Crippen molar-refractivity contribution in [2.24, 2.45) is 0 Å². The fourth-order valence-electron chi connectivity index (χ4n) is 1.85. The van der Waals surface area contributed by atoms with Crippen molar-refractivity contribution in [2.75, 3.05) is 19.4 Å². The molecule has 0 saturated carbocycles. The summed E-state index contributed by atoms with van der Waals surface area (Å²) in [4.78, 5) is 12.2. The quantitative estimate of drug-likeness (QED) is 0.662. The number of quaternary nitrogens is 1.